The van der Waals surface area contributed by atoms with Gasteiger partial charge in [-0.1, -0.05) is 41.0 Å². The molecule has 0 aromatic heterocycles. The second kappa shape index (κ2) is 19.8. The molecule has 0 radical (unpaired) electrons. The predicted octanol–water partition coefficient (Wildman–Crippen LogP) is 4.74. The minimum absolute atomic E-state index is 0.00941. The lowest BCUT2D eigenvalue weighted by molar-refractivity contribution is -0.153. The summed E-state index contributed by atoms with van der Waals surface area (Å²) in [7, 11) is -8.38. The quantitative estimate of drug-likeness (QED) is 0.0817. The van der Waals surface area contributed by atoms with Crippen LogP contribution in [0.2, 0.25) is 0 Å². The van der Waals surface area contributed by atoms with Gasteiger partial charge in [-0.15, -0.1) is 0 Å². The highest BCUT2D eigenvalue weighted by Gasteiger charge is 2.63. The van der Waals surface area contributed by atoms with Gasteiger partial charge in [0.05, 0.1) is 26.9 Å². The van der Waals surface area contributed by atoms with Gasteiger partial charge in [0.25, 0.3) is 0 Å². The topological polar surface area (TPSA) is 220 Å². The maximum atomic E-state index is 12.4. The highest BCUT2D eigenvalue weighted by atomic mass is 31.2. The van der Waals surface area contributed by atoms with Crippen molar-refractivity contribution in [1.82, 2.24) is 0 Å². The Labute approximate surface area is 267 Å². The zero-order valence-electron chi connectivity index (χ0n) is 28.5. The molecule has 0 aliphatic carbocycles. The third-order valence-electron chi connectivity index (χ3n) is 8.90. The van der Waals surface area contributed by atoms with Crippen LogP contribution in [0.1, 0.15) is 107 Å². The summed E-state index contributed by atoms with van der Waals surface area (Å²) in [6, 6.07) is 0. The maximum absolute atomic E-state index is 12.4. The lowest BCUT2D eigenvalue weighted by atomic mass is 9.68. The van der Waals surface area contributed by atoms with Crippen molar-refractivity contribution in [2.24, 2.45) is 17.3 Å². The molecule has 16 heteroatoms. The Morgan fingerprint density at radius 1 is 0.711 bits per heavy atom. The highest BCUT2D eigenvalue weighted by Crippen LogP contribution is 2.63. The minimum atomic E-state index is -4.83. The molecule has 266 valence electrons. The van der Waals surface area contributed by atoms with Crippen molar-refractivity contribution in [3.8, 4) is 0 Å². The van der Waals surface area contributed by atoms with Gasteiger partial charge < -0.3 is 38.5 Å². The first-order valence-corrected chi connectivity index (χ1v) is 18.6. The smallest absolute Gasteiger partial charge is 0.343 e. The average Bonchev–Trinajstić information content (AvgIpc) is 2.95. The minimum Gasteiger partial charge on any atom is -0.469 e. The summed E-state index contributed by atoms with van der Waals surface area (Å²) < 4.78 is 43.7. The van der Waals surface area contributed by atoms with Crippen LogP contribution in [-0.4, -0.2) is 80.7 Å². The van der Waals surface area contributed by atoms with Crippen LogP contribution in [0.4, 0.5) is 0 Å². The van der Waals surface area contributed by atoms with E-state index in [-0.39, 0.29) is 45.5 Å². The van der Waals surface area contributed by atoms with Crippen molar-refractivity contribution in [2.45, 2.75) is 118 Å². The molecule has 0 aromatic rings. The van der Waals surface area contributed by atoms with Crippen molar-refractivity contribution >= 4 is 39.1 Å². The maximum Gasteiger partial charge on any atom is 0.343 e. The molecule has 0 fully saturated rings. The number of esters is 4. The Morgan fingerprint density at radius 2 is 1.18 bits per heavy atom. The van der Waals surface area contributed by atoms with Gasteiger partial charge in [0.2, 0.25) is 0 Å². The monoisotopic (exact) mass is 690 g/mol. The van der Waals surface area contributed by atoms with E-state index >= 15 is 0 Å². The van der Waals surface area contributed by atoms with Crippen LogP contribution >= 0.6 is 15.2 Å². The Balaban J connectivity index is 0. The van der Waals surface area contributed by atoms with Gasteiger partial charge in [-0.25, -0.2) is 0 Å². The molecular formula is C29H56O14P2. The standard InChI is InChI=1S/C15H29O7P.C14H27O7P/c1-6-15(7-2,11-10-12(16)21-8-3)14(5,23(18,19)20)13(17)22-9-4;1-6-11(10(4)9-12(15)20-5)14(7-2,22(17,18)19)13(16)21-8-3/h6-11H2,1-5H3,(H2,18,19,20);10-11H,6-9H2,1-5H3,(H2,17,18,19). The molecule has 4 N–H and O–H groups in total. The molecule has 0 saturated carbocycles. The van der Waals surface area contributed by atoms with E-state index in [4.69, 9.17) is 14.2 Å². The van der Waals surface area contributed by atoms with Crippen LogP contribution < -0.4 is 0 Å². The molecule has 0 spiro atoms. The summed E-state index contributed by atoms with van der Waals surface area (Å²) in [4.78, 5) is 87.4. The molecule has 0 heterocycles. The SMILES string of the molecule is CCOC(=O)C(CC)(C(CC)C(C)CC(=O)OC)P(=O)(O)O.CCOC(=O)CCC(CC)(CC)C(C)(C(=O)OCC)P(=O)(O)O. The van der Waals surface area contributed by atoms with Gasteiger partial charge >= 0.3 is 39.1 Å². The van der Waals surface area contributed by atoms with E-state index in [0.29, 0.717) is 19.3 Å². The summed E-state index contributed by atoms with van der Waals surface area (Å²) in [5, 5.41) is -3.95. The summed E-state index contributed by atoms with van der Waals surface area (Å²) in [5.41, 5.74) is -1.06. The van der Waals surface area contributed by atoms with Crippen LogP contribution in [0.15, 0.2) is 0 Å². The highest BCUT2D eigenvalue weighted by molar-refractivity contribution is 7.55. The Hall–Kier alpha value is -1.82. The molecule has 45 heavy (non-hydrogen) atoms. The van der Waals surface area contributed by atoms with Crippen molar-refractivity contribution in [3.63, 3.8) is 0 Å². The lowest BCUT2D eigenvalue weighted by Crippen LogP contribution is -2.52. The van der Waals surface area contributed by atoms with Gasteiger partial charge in [-0.3, -0.25) is 28.3 Å². The van der Waals surface area contributed by atoms with Crippen LogP contribution in [0.25, 0.3) is 0 Å². The summed E-state index contributed by atoms with van der Waals surface area (Å²) in [6.45, 7) is 14.8. The van der Waals surface area contributed by atoms with Gasteiger partial charge in [0.15, 0.2) is 10.3 Å². The lowest BCUT2D eigenvalue weighted by Gasteiger charge is -2.46. The van der Waals surface area contributed by atoms with Crippen molar-refractivity contribution in [2.75, 3.05) is 26.9 Å². The molecule has 0 rings (SSSR count). The zero-order chi connectivity index (χ0) is 35.9. The molecule has 4 atom stereocenters. The van der Waals surface area contributed by atoms with Gasteiger partial charge in [-0.05, 0) is 70.6 Å². The molecule has 0 aliphatic heterocycles. The van der Waals surface area contributed by atoms with Gasteiger partial charge in [0.1, 0.15) is 0 Å². The first kappa shape index (κ1) is 45.3. The van der Waals surface area contributed by atoms with Crippen LogP contribution in [0, 0.1) is 17.3 Å². The van der Waals surface area contributed by atoms with E-state index in [1.165, 1.54) is 14.0 Å². The van der Waals surface area contributed by atoms with E-state index in [9.17, 15) is 47.9 Å². The van der Waals surface area contributed by atoms with Crippen molar-refractivity contribution < 1.29 is 66.8 Å². The fourth-order valence-electron chi connectivity index (χ4n) is 6.08. The number of rotatable bonds is 19. The van der Waals surface area contributed by atoms with E-state index in [1.807, 2.05) is 0 Å². The van der Waals surface area contributed by atoms with Crippen LogP contribution in [-0.2, 0) is 47.3 Å². The largest absolute Gasteiger partial charge is 0.469 e. The number of methoxy groups -OCH3 is 1. The second-order valence-electron chi connectivity index (χ2n) is 10.9. The molecule has 14 nitrogen and oxygen atoms in total. The second-order valence-corrected chi connectivity index (χ2v) is 14.8. The van der Waals surface area contributed by atoms with Crippen molar-refractivity contribution in [1.29, 1.82) is 0 Å². The number of hydrogen-bond acceptors (Lipinski definition) is 10. The zero-order valence-corrected chi connectivity index (χ0v) is 30.3. The Morgan fingerprint density at radius 3 is 1.51 bits per heavy atom. The molecule has 0 amide bonds. The summed E-state index contributed by atoms with van der Waals surface area (Å²) >= 11 is 0. The number of ether oxygens (including phenoxy) is 4. The third-order valence-corrected chi connectivity index (χ3v) is 12.6. The molecular weight excluding hydrogens is 634 g/mol. The molecule has 0 aromatic carbocycles. The molecule has 0 bridgehead atoms. The van der Waals surface area contributed by atoms with E-state index < -0.39 is 66.6 Å². The van der Waals surface area contributed by atoms with E-state index in [1.54, 1.807) is 55.4 Å². The van der Waals surface area contributed by atoms with E-state index in [2.05, 4.69) is 4.74 Å². The molecule has 0 saturated heterocycles. The summed E-state index contributed by atoms with van der Waals surface area (Å²) in [5.74, 6) is -3.90. The Bertz CT molecular complexity index is 1050. The van der Waals surface area contributed by atoms with Crippen LogP contribution in [0.3, 0.4) is 0 Å². The van der Waals surface area contributed by atoms with Gasteiger partial charge in [-0.2, -0.15) is 0 Å². The first-order chi connectivity index (χ1) is 20.7. The molecule has 4 unspecified atom stereocenters. The average molecular weight is 691 g/mol. The predicted molar refractivity (Wildman–Crippen MR) is 167 cm³/mol. The fourth-order valence-corrected chi connectivity index (χ4v) is 9.01. The Kier molecular flexibility index (Phi) is 19.9. The first-order valence-electron chi connectivity index (χ1n) is 15.4. The van der Waals surface area contributed by atoms with Crippen LogP contribution in [0.5, 0.6) is 0 Å². The number of carbonyl (C=O) groups is 4. The third kappa shape index (κ3) is 10.9. The van der Waals surface area contributed by atoms with Crippen molar-refractivity contribution in [3.05, 3.63) is 0 Å². The molecule has 0 aliphatic rings. The summed E-state index contributed by atoms with van der Waals surface area (Å²) in [6.07, 6.45) is 1.02. The number of hydrogen-bond donors (Lipinski definition) is 4. The number of carbonyl (C=O) groups excluding carboxylic acids is 4. The normalized spacial score (nSPS) is 16.0. The van der Waals surface area contributed by atoms with Gasteiger partial charge in [0, 0.05) is 12.8 Å². The fraction of sp³-hybridized carbons (Fsp3) is 0.862. The van der Waals surface area contributed by atoms with E-state index in [0.717, 1.165) is 0 Å².